The summed E-state index contributed by atoms with van der Waals surface area (Å²) in [5.41, 5.74) is 0.394. The average molecular weight is 439 g/mol. The lowest BCUT2D eigenvalue weighted by Crippen LogP contribution is -2.54. The lowest BCUT2D eigenvalue weighted by molar-refractivity contribution is -0.134. The van der Waals surface area contributed by atoms with E-state index in [9.17, 15) is 14.4 Å². The summed E-state index contributed by atoms with van der Waals surface area (Å²) in [5.74, 6) is -2.23. The number of benzene rings is 1. The lowest BCUT2D eigenvalue weighted by Gasteiger charge is -2.28. The van der Waals surface area contributed by atoms with E-state index in [0.717, 1.165) is 11.8 Å². The Hall–Kier alpha value is -2.20. The molecule has 2 amide bonds. The second-order valence-electron chi connectivity index (χ2n) is 5.27. The molecule has 1 aliphatic rings. The fourth-order valence-corrected chi connectivity index (χ4v) is 4.47. The third-order valence-corrected chi connectivity index (χ3v) is 6.06. The van der Waals surface area contributed by atoms with Crippen molar-refractivity contribution in [1.29, 1.82) is 0 Å². The summed E-state index contributed by atoms with van der Waals surface area (Å²) in [4.78, 5) is 38.5. The van der Waals surface area contributed by atoms with E-state index in [4.69, 9.17) is 28.9 Å². The number of nitrogens with zero attached hydrogens (tertiary/aromatic N) is 1. The van der Waals surface area contributed by atoms with Gasteiger partial charge in [0.05, 0.1) is 11.4 Å². The summed E-state index contributed by atoms with van der Waals surface area (Å²) in [7, 11) is 0. The molecule has 0 saturated carbocycles. The minimum Gasteiger partial charge on any atom is -0.481 e. The van der Waals surface area contributed by atoms with Crippen molar-refractivity contribution in [3.05, 3.63) is 51.2 Å². The first kappa shape index (κ1) is 19.6. The van der Waals surface area contributed by atoms with Crippen molar-refractivity contribution in [2.24, 2.45) is 0 Å². The Morgan fingerprint density at radius 2 is 2.00 bits per heavy atom. The van der Waals surface area contributed by atoms with Gasteiger partial charge in [-0.05, 0) is 54.0 Å². The van der Waals surface area contributed by atoms with Crippen LogP contribution in [0.3, 0.4) is 0 Å². The molecule has 0 aliphatic carbocycles. The lowest BCUT2D eigenvalue weighted by atomic mass is 10.1. The Bertz CT molecular complexity index is 969. The van der Waals surface area contributed by atoms with E-state index < -0.39 is 17.8 Å². The van der Waals surface area contributed by atoms with Crippen LogP contribution in [0.1, 0.15) is 4.88 Å². The summed E-state index contributed by atoms with van der Waals surface area (Å²) in [6.07, 6.45) is 1.46. The fraction of sp³-hybridized carbons (Fsp3) is 0.0588. The number of carboxylic acids is 1. The molecule has 0 bridgehead atoms. The molecule has 2 heterocycles. The summed E-state index contributed by atoms with van der Waals surface area (Å²) >= 11 is 13.4. The largest absolute Gasteiger partial charge is 0.481 e. The van der Waals surface area contributed by atoms with Crippen LogP contribution in [0.2, 0.25) is 5.02 Å². The number of hydrogen-bond donors (Lipinski definition) is 2. The van der Waals surface area contributed by atoms with Gasteiger partial charge in [0.15, 0.2) is 5.11 Å². The van der Waals surface area contributed by atoms with Crippen molar-refractivity contribution < 1.29 is 19.5 Å². The summed E-state index contributed by atoms with van der Waals surface area (Å²) in [6, 6.07) is 8.23. The summed E-state index contributed by atoms with van der Waals surface area (Å²) in [6.45, 7) is 0. The number of anilines is 1. The van der Waals surface area contributed by atoms with Gasteiger partial charge in [0.1, 0.15) is 5.57 Å². The van der Waals surface area contributed by atoms with Crippen LogP contribution in [0.25, 0.3) is 6.08 Å². The number of thioether (sulfide) groups is 1. The minimum absolute atomic E-state index is 0.0175. The van der Waals surface area contributed by atoms with Gasteiger partial charge in [-0.1, -0.05) is 11.6 Å². The monoisotopic (exact) mass is 438 g/mol. The van der Waals surface area contributed by atoms with Gasteiger partial charge in [0.2, 0.25) is 0 Å². The number of amides is 2. The molecule has 0 spiro atoms. The molecule has 1 aliphatic heterocycles. The highest BCUT2D eigenvalue weighted by Crippen LogP contribution is 2.31. The van der Waals surface area contributed by atoms with Crippen LogP contribution in [-0.2, 0) is 14.4 Å². The molecule has 27 heavy (non-hydrogen) atoms. The Morgan fingerprint density at radius 3 is 2.67 bits per heavy atom. The zero-order valence-corrected chi connectivity index (χ0v) is 16.7. The van der Waals surface area contributed by atoms with E-state index in [1.165, 1.54) is 22.3 Å². The SMILES string of the molecule is O=C(O)CSc1ccsc1/C=C1\C(=O)NC(=S)N(c2ccc(Cl)cc2)C1=O. The van der Waals surface area contributed by atoms with Crippen LogP contribution in [0, 0.1) is 0 Å². The maximum absolute atomic E-state index is 12.9. The van der Waals surface area contributed by atoms with Gasteiger partial charge in [-0.3, -0.25) is 24.6 Å². The standard InChI is InChI=1S/C17H11ClN2O4S3/c18-9-1-3-10(4-2-9)20-16(24)11(15(23)19-17(20)25)7-13-12(5-6-26-13)27-8-14(21)22/h1-7H,8H2,(H,21,22)(H,19,23,25)/b11-7+. The third kappa shape index (κ3) is 4.38. The molecule has 1 saturated heterocycles. The molecule has 0 atom stereocenters. The zero-order valence-electron chi connectivity index (χ0n) is 13.5. The Morgan fingerprint density at radius 1 is 1.30 bits per heavy atom. The number of carboxylic acid groups (broad SMARTS) is 1. The van der Waals surface area contributed by atoms with E-state index >= 15 is 0 Å². The highest BCUT2D eigenvalue weighted by atomic mass is 35.5. The number of carbonyl (C=O) groups excluding carboxylic acids is 2. The Kier molecular flexibility index (Phi) is 5.95. The Balaban J connectivity index is 1.94. The van der Waals surface area contributed by atoms with Crippen molar-refractivity contribution in [1.82, 2.24) is 5.32 Å². The second-order valence-corrected chi connectivity index (χ2v) is 8.05. The first-order chi connectivity index (χ1) is 12.9. The summed E-state index contributed by atoms with van der Waals surface area (Å²) in [5, 5.41) is 13.6. The highest BCUT2D eigenvalue weighted by molar-refractivity contribution is 8.00. The Labute approximate surface area is 172 Å². The number of aliphatic carboxylic acids is 1. The van der Waals surface area contributed by atoms with Crippen LogP contribution in [-0.4, -0.2) is 33.8 Å². The molecular weight excluding hydrogens is 428 g/mol. The van der Waals surface area contributed by atoms with E-state index in [0.29, 0.717) is 20.5 Å². The second kappa shape index (κ2) is 8.22. The minimum atomic E-state index is -0.949. The number of hydrogen-bond acceptors (Lipinski definition) is 6. The summed E-state index contributed by atoms with van der Waals surface area (Å²) < 4.78 is 0. The van der Waals surface area contributed by atoms with Gasteiger partial charge in [-0.25, -0.2) is 0 Å². The smallest absolute Gasteiger partial charge is 0.313 e. The quantitative estimate of drug-likeness (QED) is 0.322. The molecule has 2 N–H and O–H groups in total. The van der Waals surface area contributed by atoms with Gasteiger partial charge in [-0.2, -0.15) is 0 Å². The van der Waals surface area contributed by atoms with Gasteiger partial charge < -0.3 is 5.11 Å². The molecular formula is C17H11ClN2O4S3. The highest BCUT2D eigenvalue weighted by Gasteiger charge is 2.34. The van der Waals surface area contributed by atoms with E-state index in [-0.39, 0.29) is 16.4 Å². The van der Waals surface area contributed by atoms with Crippen molar-refractivity contribution >= 4 is 81.6 Å². The number of rotatable bonds is 5. The van der Waals surface area contributed by atoms with Gasteiger partial charge in [0, 0.05) is 14.8 Å². The molecule has 1 fully saturated rings. The van der Waals surface area contributed by atoms with Gasteiger partial charge in [0.25, 0.3) is 11.8 Å². The van der Waals surface area contributed by atoms with Gasteiger partial charge >= 0.3 is 5.97 Å². The number of thiophene rings is 1. The molecule has 6 nitrogen and oxygen atoms in total. The van der Waals surface area contributed by atoms with Crippen molar-refractivity contribution in [3.63, 3.8) is 0 Å². The molecule has 3 rings (SSSR count). The zero-order chi connectivity index (χ0) is 19.6. The third-order valence-electron chi connectivity index (χ3n) is 3.47. The van der Waals surface area contributed by atoms with Crippen LogP contribution < -0.4 is 10.2 Å². The number of halogens is 1. The van der Waals surface area contributed by atoms with E-state index in [2.05, 4.69) is 5.32 Å². The molecule has 2 aromatic rings. The number of thiocarbonyl (C=S) groups is 1. The molecule has 10 heteroatoms. The van der Waals surface area contributed by atoms with Crippen molar-refractivity contribution in [2.45, 2.75) is 4.90 Å². The maximum atomic E-state index is 12.9. The van der Waals surface area contributed by atoms with Crippen molar-refractivity contribution in [2.75, 3.05) is 10.7 Å². The van der Waals surface area contributed by atoms with E-state index in [1.54, 1.807) is 35.7 Å². The molecule has 1 aromatic carbocycles. The first-order valence-corrected chi connectivity index (χ1v) is 10.1. The number of nitrogens with one attached hydrogen (secondary N) is 1. The van der Waals surface area contributed by atoms with E-state index in [1.807, 2.05) is 0 Å². The average Bonchev–Trinajstić information content (AvgIpc) is 3.05. The van der Waals surface area contributed by atoms with Crippen LogP contribution in [0.15, 0.2) is 46.2 Å². The van der Waals surface area contributed by atoms with Gasteiger partial charge in [-0.15, -0.1) is 23.1 Å². The van der Waals surface area contributed by atoms with Crippen LogP contribution in [0.5, 0.6) is 0 Å². The predicted molar refractivity (Wildman–Crippen MR) is 110 cm³/mol. The van der Waals surface area contributed by atoms with Crippen molar-refractivity contribution in [3.8, 4) is 0 Å². The predicted octanol–water partition coefficient (Wildman–Crippen LogP) is 3.41. The van der Waals surface area contributed by atoms with Crippen LogP contribution in [0.4, 0.5) is 5.69 Å². The topological polar surface area (TPSA) is 86.7 Å². The number of carbonyl (C=O) groups is 3. The molecule has 1 aromatic heterocycles. The normalized spacial score (nSPS) is 16.0. The molecule has 0 radical (unpaired) electrons. The molecule has 138 valence electrons. The van der Waals surface area contributed by atoms with Crippen LogP contribution >= 0.6 is 46.9 Å². The maximum Gasteiger partial charge on any atom is 0.313 e. The first-order valence-electron chi connectivity index (χ1n) is 7.46. The molecule has 0 unspecified atom stereocenters. The fourth-order valence-electron chi connectivity index (χ4n) is 2.29.